The summed E-state index contributed by atoms with van der Waals surface area (Å²) >= 11 is 0. The summed E-state index contributed by atoms with van der Waals surface area (Å²) in [6.07, 6.45) is 1.47. The Kier molecular flexibility index (Phi) is 3.72. The summed E-state index contributed by atoms with van der Waals surface area (Å²) in [5.41, 5.74) is 3.66. The molecule has 0 radical (unpaired) electrons. The van der Waals surface area contributed by atoms with E-state index in [1.54, 1.807) is 7.11 Å². The highest BCUT2D eigenvalue weighted by molar-refractivity contribution is 5.79. The van der Waals surface area contributed by atoms with E-state index in [0.717, 1.165) is 24.2 Å². The van der Waals surface area contributed by atoms with Crippen LogP contribution in [-0.2, 0) is 11.3 Å². The molecule has 0 saturated heterocycles. The second kappa shape index (κ2) is 5.39. The molecule has 1 saturated carbocycles. The van der Waals surface area contributed by atoms with Gasteiger partial charge in [-0.15, -0.1) is 0 Å². The fraction of sp³-hybridized carbons (Fsp3) is 0.500. The molecule has 0 bridgehead atoms. The van der Waals surface area contributed by atoms with Crippen molar-refractivity contribution < 1.29 is 4.74 Å². The normalized spacial score (nSPS) is 24.0. The van der Waals surface area contributed by atoms with Gasteiger partial charge in [-0.3, -0.25) is 4.98 Å². The van der Waals surface area contributed by atoms with E-state index in [0.29, 0.717) is 12.1 Å². The van der Waals surface area contributed by atoms with Gasteiger partial charge in [-0.2, -0.15) is 0 Å². The fourth-order valence-electron chi connectivity index (χ4n) is 3.26. The second-order valence-corrected chi connectivity index (χ2v) is 6.69. The van der Waals surface area contributed by atoms with E-state index >= 15 is 0 Å². The number of nitrogens with zero attached hydrogens (tertiary/aromatic N) is 1. The first-order chi connectivity index (χ1) is 10.0. The first-order valence-electron chi connectivity index (χ1n) is 7.63. The van der Waals surface area contributed by atoms with Crippen LogP contribution in [0.2, 0.25) is 0 Å². The molecule has 1 aromatic heterocycles. The smallest absolute Gasteiger partial charge is 0.0705 e. The summed E-state index contributed by atoms with van der Waals surface area (Å²) in [6.45, 7) is 7.47. The standard InChI is InChI=1S/C18H24N2O/c1-12-5-7-14-9-13(6-8-15(14)20-12)11-19-16-10-17(21-4)18(16,2)3/h5-9,16-17,19H,10-11H2,1-4H3. The molecular weight excluding hydrogens is 260 g/mol. The minimum atomic E-state index is 0.213. The highest BCUT2D eigenvalue weighted by atomic mass is 16.5. The lowest BCUT2D eigenvalue weighted by molar-refractivity contribution is -0.0979. The van der Waals surface area contributed by atoms with Crippen molar-refractivity contribution >= 4 is 10.9 Å². The SMILES string of the molecule is COC1CC(NCc2ccc3nc(C)ccc3c2)C1(C)C. The Balaban J connectivity index is 1.68. The third-order valence-electron chi connectivity index (χ3n) is 4.91. The zero-order chi connectivity index (χ0) is 15.0. The summed E-state index contributed by atoms with van der Waals surface area (Å²) in [5, 5.41) is 4.88. The molecule has 1 aromatic carbocycles. The summed E-state index contributed by atoms with van der Waals surface area (Å²) in [7, 11) is 1.81. The predicted octanol–water partition coefficient (Wildman–Crippen LogP) is 3.45. The number of nitrogens with one attached hydrogen (secondary N) is 1. The third-order valence-corrected chi connectivity index (χ3v) is 4.91. The summed E-state index contributed by atoms with van der Waals surface area (Å²) in [4.78, 5) is 4.55. The number of hydrogen-bond acceptors (Lipinski definition) is 3. The van der Waals surface area contributed by atoms with Crippen LogP contribution in [-0.4, -0.2) is 24.2 Å². The zero-order valence-corrected chi connectivity index (χ0v) is 13.3. The van der Waals surface area contributed by atoms with Crippen LogP contribution >= 0.6 is 0 Å². The molecule has 0 aliphatic heterocycles. The van der Waals surface area contributed by atoms with E-state index in [2.05, 4.69) is 54.5 Å². The van der Waals surface area contributed by atoms with Crippen LogP contribution in [0.5, 0.6) is 0 Å². The van der Waals surface area contributed by atoms with Gasteiger partial charge in [0, 0.05) is 36.2 Å². The van der Waals surface area contributed by atoms with Crippen LogP contribution in [0.3, 0.4) is 0 Å². The van der Waals surface area contributed by atoms with Crippen molar-refractivity contribution in [2.45, 2.75) is 45.9 Å². The van der Waals surface area contributed by atoms with Gasteiger partial charge in [-0.25, -0.2) is 0 Å². The van der Waals surface area contributed by atoms with Gasteiger partial charge < -0.3 is 10.1 Å². The van der Waals surface area contributed by atoms with E-state index in [4.69, 9.17) is 4.74 Å². The van der Waals surface area contributed by atoms with E-state index < -0.39 is 0 Å². The van der Waals surface area contributed by atoms with Gasteiger partial charge in [0.05, 0.1) is 11.6 Å². The van der Waals surface area contributed by atoms with Crippen molar-refractivity contribution in [2.75, 3.05) is 7.11 Å². The van der Waals surface area contributed by atoms with Crippen molar-refractivity contribution in [3.05, 3.63) is 41.6 Å². The Morgan fingerprint density at radius 1 is 1.29 bits per heavy atom. The van der Waals surface area contributed by atoms with Gasteiger partial charge in [0.1, 0.15) is 0 Å². The third kappa shape index (κ3) is 2.68. The molecule has 1 fully saturated rings. The molecule has 21 heavy (non-hydrogen) atoms. The molecule has 1 aliphatic rings. The van der Waals surface area contributed by atoms with Gasteiger partial charge in [0.15, 0.2) is 0 Å². The molecule has 2 unspecified atom stereocenters. The van der Waals surface area contributed by atoms with Crippen molar-refractivity contribution in [2.24, 2.45) is 5.41 Å². The lowest BCUT2D eigenvalue weighted by atomic mass is 9.64. The van der Waals surface area contributed by atoms with Crippen LogP contribution in [0.4, 0.5) is 0 Å². The zero-order valence-electron chi connectivity index (χ0n) is 13.3. The number of rotatable bonds is 4. The average Bonchev–Trinajstić information content (AvgIpc) is 2.46. The molecular formula is C18H24N2O. The van der Waals surface area contributed by atoms with Crippen LogP contribution in [0.15, 0.2) is 30.3 Å². The van der Waals surface area contributed by atoms with Crippen molar-refractivity contribution in [1.29, 1.82) is 0 Å². The van der Waals surface area contributed by atoms with Crippen molar-refractivity contribution in [1.82, 2.24) is 10.3 Å². The Morgan fingerprint density at radius 3 is 2.81 bits per heavy atom. The second-order valence-electron chi connectivity index (χ2n) is 6.69. The number of methoxy groups -OCH3 is 1. The Bertz CT molecular complexity index is 651. The topological polar surface area (TPSA) is 34.1 Å². The number of aromatic nitrogens is 1. The largest absolute Gasteiger partial charge is 0.381 e. The Labute approximate surface area is 126 Å². The molecule has 1 heterocycles. The maximum atomic E-state index is 5.50. The molecule has 112 valence electrons. The van der Waals surface area contributed by atoms with E-state index in [1.807, 2.05) is 6.92 Å². The van der Waals surface area contributed by atoms with Gasteiger partial charge in [0.25, 0.3) is 0 Å². The Hall–Kier alpha value is -1.45. The maximum absolute atomic E-state index is 5.50. The average molecular weight is 284 g/mol. The maximum Gasteiger partial charge on any atom is 0.0705 e. The molecule has 0 spiro atoms. The lowest BCUT2D eigenvalue weighted by Gasteiger charge is -2.51. The number of ether oxygens (including phenoxy) is 1. The Morgan fingerprint density at radius 2 is 2.10 bits per heavy atom. The van der Waals surface area contributed by atoms with Gasteiger partial charge in [-0.05, 0) is 37.1 Å². The predicted molar refractivity (Wildman–Crippen MR) is 86.3 cm³/mol. The molecule has 3 nitrogen and oxygen atoms in total. The molecule has 0 amide bonds. The number of aryl methyl sites for hydroxylation is 1. The molecule has 3 rings (SSSR count). The number of fused-ring (bicyclic) bond motifs is 1. The lowest BCUT2D eigenvalue weighted by Crippen LogP contribution is -2.60. The summed E-state index contributed by atoms with van der Waals surface area (Å²) in [6, 6.07) is 11.3. The number of hydrogen-bond donors (Lipinski definition) is 1. The monoisotopic (exact) mass is 284 g/mol. The summed E-state index contributed by atoms with van der Waals surface area (Å²) in [5.74, 6) is 0. The van der Waals surface area contributed by atoms with E-state index in [-0.39, 0.29) is 5.41 Å². The molecule has 1 N–H and O–H groups in total. The highest BCUT2D eigenvalue weighted by Crippen LogP contribution is 2.42. The first-order valence-corrected chi connectivity index (χ1v) is 7.63. The number of benzene rings is 1. The quantitative estimate of drug-likeness (QED) is 0.934. The van der Waals surface area contributed by atoms with Crippen molar-refractivity contribution in [3.8, 4) is 0 Å². The highest BCUT2D eigenvalue weighted by Gasteiger charge is 2.48. The minimum absolute atomic E-state index is 0.213. The van der Waals surface area contributed by atoms with Gasteiger partial charge >= 0.3 is 0 Å². The van der Waals surface area contributed by atoms with Crippen LogP contribution in [0.1, 0.15) is 31.5 Å². The fourth-order valence-corrected chi connectivity index (χ4v) is 3.26. The van der Waals surface area contributed by atoms with Crippen LogP contribution in [0, 0.1) is 12.3 Å². The van der Waals surface area contributed by atoms with E-state index in [1.165, 1.54) is 10.9 Å². The molecule has 2 aromatic rings. The van der Waals surface area contributed by atoms with Crippen LogP contribution in [0.25, 0.3) is 10.9 Å². The first kappa shape index (κ1) is 14.5. The minimum Gasteiger partial charge on any atom is -0.381 e. The number of pyridine rings is 1. The van der Waals surface area contributed by atoms with Gasteiger partial charge in [-0.1, -0.05) is 26.0 Å². The molecule has 1 aliphatic carbocycles. The molecule has 2 atom stereocenters. The van der Waals surface area contributed by atoms with Gasteiger partial charge in [0.2, 0.25) is 0 Å². The molecule has 3 heteroatoms. The van der Waals surface area contributed by atoms with Crippen LogP contribution < -0.4 is 5.32 Å². The van der Waals surface area contributed by atoms with Crippen molar-refractivity contribution in [3.63, 3.8) is 0 Å². The summed E-state index contributed by atoms with van der Waals surface area (Å²) < 4.78 is 5.50. The van der Waals surface area contributed by atoms with E-state index in [9.17, 15) is 0 Å².